The Labute approximate surface area is 172 Å². The van der Waals surface area contributed by atoms with Gasteiger partial charge in [-0.1, -0.05) is 17.3 Å². The van der Waals surface area contributed by atoms with Gasteiger partial charge in [0.25, 0.3) is 18.4 Å². The molecule has 2 saturated heterocycles. The molecule has 3 aromatic rings. The lowest BCUT2D eigenvalue weighted by Crippen LogP contribution is -2.46. The number of carboxylic acid groups (broad SMARTS) is 1. The molecule has 1 aromatic carbocycles. The molecular formula is C20H22N4O6. The number of carbonyl (C=O) groups excluding carboxylic acids is 1. The third kappa shape index (κ3) is 3.99. The van der Waals surface area contributed by atoms with Gasteiger partial charge >= 0.3 is 0 Å². The van der Waals surface area contributed by atoms with Crippen LogP contribution in [0.3, 0.4) is 0 Å². The van der Waals surface area contributed by atoms with Crippen LogP contribution in [0.1, 0.15) is 16.2 Å². The van der Waals surface area contributed by atoms with Crippen molar-refractivity contribution in [1.29, 1.82) is 0 Å². The van der Waals surface area contributed by atoms with Gasteiger partial charge in [0.05, 0.1) is 19.3 Å². The summed E-state index contributed by atoms with van der Waals surface area (Å²) in [6, 6.07) is 9.96. The number of carbonyl (C=O) groups is 2. The summed E-state index contributed by atoms with van der Waals surface area (Å²) in [6.45, 7) is 4.53. The fraction of sp³-hybridized carbons (Fsp3) is 0.400. The number of hydrogen-bond acceptors (Lipinski definition) is 8. The number of aromatic nitrogens is 2. The standard InChI is InChI=1S/C19H20N4O4.CH2O2/c1-12-6-16(21-27-12)18(24)22-7-13-8-23(14(9-22)11-25-10-13)19-20-15-4-2-3-5-17(15)26-19;2-1-3/h2-6,13-14H,7-11H2,1H3;1H,(H,2,3)/t13-,14-;/m0./s1. The number of ether oxygens (including phenoxy) is 1. The normalized spacial score (nSPS) is 21.0. The Morgan fingerprint density at radius 2 is 2.03 bits per heavy atom. The molecule has 30 heavy (non-hydrogen) atoms. The number of rotatable bonds is 2. The van der Waals surface area contributed by atoms with Crippen LogP contribution >= 0.6 is 0 Å². The van der Waals surface area contributed by atoms with Gasteiger partial charge in [-0.3, -0.25) is 9.59 Å². The summed E-state index contributed by atoms with van der Waals surface area (Å²) in [7, 11) is 0. The van der Waals surface area contributed by atoms with E-state index in [0.717, 1.165) is 17.6 Å². The molecule has 0 saturated carbocycles. The summed E-state index contributed by atoms with van der Waals surface area (Å²) in [4.78, 5) is 29.9. The minimum Gasteiger partial charge on any atom is -0.483 e. The number of hydrogen-bond donors (Lipinski definition) is 1. The minimum absolute atomic E-state index is 0.0255. The van der Waals surface area contributed by atoms with E-state index in [4.69, 9.17) is 23.6 Å². The average molecular weight is 414 g/mol. The molecule has 2 fully saturated rings. The highest BCUT2D eigenvalue weighted by atomic mass is 16.5. The van der Waals surface area contributed by atoms with E-state index >= 15 is 0 Å². The predicted molar refractivity (Wildman–Crippen MR) is 105 cm³/mol. The Kier molecular flexibility index (Phi) is 5.66. The Morgan fingerprint density at radius 1 is 1.23 bits per heavy atom. The zero-order chi connectivity index (χ0) is 21.1. The molecule has 10 heteroatoms. The molecule has 158 valence electrons. The quantitative estimate of drug-likeness (QED) is 0.625. The van der Waals surface area contributed by atoms with Crippen molar-refractivity contribution in [3.05, 3.63) is 41.8 Å². The van der Waals surface area contributed by atoms with E-state index in [0.29, 0.717) is 43.8 Å². The Hall–Kier alpha value is -3.40. The van der Waals surface area contributed by atoms with Crippen molar-refractivity contribution in [2.75, 3.05) is 37.7 Å². The van der Waals surface area contributed by atoms with Crippen molar-refractivity contribution in [2.24, 2.45) is 5.92 Å². The molecule has 0 aliphatic carbocycles. The summed E-state index contributed by atoms with van der Waals surface area (Å²) >= 11 is 0. The molecule has 2 bridgehead atoms. The highest BCUT2D eigenvalue weighted by molar-refractivity contribution is 5.92. The lowest BCUT2D eigenvalue weighted by molar-refractivity contribution is -0.122. The molecule has 10 nitrogen and oxygen atoms in total. The van der Waals surface area contributed by atoms with Crippen molar-refractivity contribution < 1.29 is 28.4 Å². The van der Waals surface area contributed by atoms with Crippen LogP contribution < -0.4 is 4.90 Å². The average Bonchev–Trinajstić information content (AvgIpc) is 3.23. The zero-order valence-electron chi connectivity index (χ0n) is 16.4. The van der Waals surface area contributed by atoms with Crippen LogP contribution in [0.25, 0.3) is 11.1 Å². The van der Waals surface area contributed by atoms with Crippen LogP contribution in [0.5, 0.6) is 0 Å². The summed E-state index contributed by atoms with van der Waals surface area (Å²) in [5.74, 6) is 0.692. The minimum atomic E-state index is -0.250. The molecule has 1 N–H and O–H groups in total. The number of oxazole rings is 1. The lowest BCUT2D eigenvalue weighted by Gasteiger charge is -2.30. The van der Waals surface area contributed by atoms with E-state index in [1.807, 2.05) is 29.2 Å². The van der Waals surface area contributed by atoms with E-state index in [1.54, 1.807) is 13.0 Å². The number of anilines is 1. The second kappa shape index (κ2) is 8.54. The van der Waals surface area contributed by atoms with Gasteiger partial charge in [0.2, 0.25) is 0 Å². The van der Waals surface area contributed by atoms with Gasteiger partial charge in [-0.15, -0.1) is 0 Å². The van der Waals surface area contributed by atoms with Crippen molar-refractivity contribution in [3.8, 4) is 0 Å². The fourth-order valence-electron chi connectivity index (χ4n) is 3.86. The Morgan fingerprint density at radius 3 is 2.77 bits per heavy atom. The maximum atomic E-state index is 12.9. The summed E-state index contributed by atoms with van der Waals surface area (Å²) in [5.41, 5.74) is 1.94. The molecule has 0 radical (unpaired) electrons. The van der Waals surface area contributed by atoms with Gasteiger partial charge in [-0.25, -0.2) is 0 Å². The third-order valence-corrected chi connectivity index (χ3v) is 5.13. The maximum Gasteiger partial charge on any atom is 0.298 e. The van der Waals surface area contributed by atoms with Gasteiger partial charge < -0.3 is 28.6 Å². The fourth-order valence-corrected chi connectivity index (χ4v) is 3.86. The molecule has 2 aliphatic heterocycles. The summed E-state index contributed by atoms with van der Waals surface area (Å²) < 4.78 is 16.9. The van der Waals surface area contributed by atoms with E-state index < -0.39 is 0 Å². The number of fused-ring (bicyclic) bond motifs is 4. The predicted octanol–water partition coefficient (Wildman–Crippen LogP) is 1.80. The first-order chi connectivity index (χ1) is 14.6. The highest BCUT2D eigenvalue weighted by Gasteiger charge is 2.37. The van der Waals surface area contributed by atoms with E-state index in [2.05, 4.69) is 15.0 Å². The van der Waals surface area contributed by atoms with E-state index in [9.17, 15) is 4.79 Å². The van der Waals surface area contributed by atoms with Crippen LogP contribution in [0.15, 0.2) is 39.3 Å². The summed E-state index contributed by atoms with van der Waals surface area (Å²) in [5, 5.41) is 10.8. The highest BCUT2D eigenvalue weighted by Crippen LogP contribution is 2.28. The molecule has 0 unspecified atom stereocenters. The zero-order valence-corrected chi connectivity index (χ0v) is 16.4. The van der Waals surface area contributed by atoms with Gasteiger partial charge in [-0.05, 0) is 19.1 Å². The number of para-hydroxylation sites is 2. The third-order valence-electron chi connectivity index (χ3n) is 5.13. The first kappa shape index (κ1) is 19.9. The second-order valence-electron chi connectivity index (χ2n) is 7.31. The first-order valence-electron chi connectivity index (χ1n) is 9.59. The van der Waals surface area contributed by atoms with E-state index in [1.165, 1.54) is 0 Å². The van der Waals surface area contributed by atoms with Gasteiger partial charge in [0.15, 0.2) is 11.3 Å². The number of aryl methyl sites for hydroxylation is 1. The molecule has 4 heterocycles. The van der Waals surface area contributed by atoms with Crippen LogP contribution in [0.2, 0.25) is 0 Å². The van der Waals surface area contributed by atoms with Crippen molar-refractivity contribution in [3.63, 3.8) is 0 Å². The van der Waals surface area contributed by atoms with Crippen molar-refractivity contribution in [2.45, 2.75) is 13.0 Å². The largest absolute Gasteiger partial charge is 0.483 e. The van der Waals surface area contributed by atoms with Gasteiger partial charge in [-0.2, -0.15) is 4.98 Å². The molecule has 2 atom stereocenters. The Bertz CT molecular complexity index is 998. The maximum absolute atomic E-state index is 12.9. The van der Waals surface area contributed by atoms with Crippen LogP contribution in [-0.4, -0.2) is 71.4 Å². The van der Waals surface area contributed by atoms with Gasteiger partial charge in [0, 0.05) is 31.6 Å². The number of nitrogens with zero attached hydrogens (tertiary/aromatic N) is 4. The van der Waals surface area contributed by atoms with Crippen LogP contribution in [0.4, 0.5) is 6.01 Å². The van der Waals surface area contributed by atoms with Crippen molar-refractivity contribution in [1.82, 2.24) is 15.0 Å². The summed E-state index contributed by atoms with van der Waals surface area (Å²) in [6.07, 6.45) is 0. The SMILES string of the molecule is Cc1cc(C(=O)N2C[C@@H]3COC[C@H](C2)N(c2nc4ccccc4o2)C3)no1.O=CO. The Balaban J connectivity index is 0.000000687. The topological polar surface area (TPSA) is 122 Å². The first-order valence-corrected chi connectivity index (χ1v) is 9.59. The van der Waals surface area contributed by atoms with E-state index in [-0.39, 0.29) is 24.3 Å². The molecule has 0 spiro atoms. The second-order valence-corrected chi connectivity index (χ2v) is 7.31. The van der Waals surface area contributed by atoms with Crippen molar-refractivity contribution >= 4 is 29.5 Å². The van der Waals surface area contributed by atoms with Gasteiger partial charge in [0.1, 0.15) is 11.3 Å². The smallest absolute Gasteiger partial charge is 0.298 e. The monoisotopic (exact) mass is 414 g/mol. The number of amides is 1. The van der Waals surface area contributed by atoms with Crippen LogP contribution in [-0.2, 0) is 9.53 Å². The molecule has 1 amide bonds. The lowest BCUT2D eigenvalue weighted by atomic mass is 10.1. The molecule has 5 rings (SSSR count). The number of benzene rings is 1. The molecule has 2 aromatic heterocycles. The molecule has 2 aliphatic rings. The molecular weight excluding hydrogens is 392 g/mol. The van der Waals surface area contributed by atoms with Crippen LogP contribution in [0, 0.1) is 12.8 Å².